The van der Waals surface area contributed by atoms with E-state index in [0.717, 1.165) is 11.1 Å². The summed E-state index contributed by atoms with van der Waals surface area (Å²) in [5, 5.41) is 3.76. The molecule has 1 heterocycles. The monoisotopic (exact) mass is 405 g/mol. The second-order valence-electron chi connectivity index (χ2n) is 5.72. The number of methoxy groups -OCH3 is 2. The van der Waals surface area contributed by atoms with Gasteiger partial charge in [0.05, 0.1) is 24.9 Å². The molecule has 0 aliphatic carbocycles. The second kappa shape index (κ2) is 7.94. The van der Waals surface area contributed by atoms with Crippen LogP contribution in [0.1, 0.15) is 16.1 Å². The molecular formula is C20H17Cl2NO4. The summed E-state index contributed by atoms with van der Waals surface area (Å²) in [7, 11) is 2.98. The predicted octanol–water partition coefficient (Wildman–Crippen LogP) is 5.83. The number of nitrogens with one attached hydrogen (secondary N) is 1. The van der Waals surface area contributed by atoms with Crippen LogP contribution in [0, 0.1) is 6.92 Å². The first-order chi connectivity index (χ1) is 12.9. The Labute approximate surface area is 166 Å². The molecule has 3 rings (SSSR count). The van der Waals surface area contributed by atoms with Crippen LogP contribution in [0.15, 0.2) is 46.9 Å². The van der Waals surface area contributed by atoms with Gasteiger partial charge >= 0.3 is 0 Å². The minimum absolute atomic E-state index is 0.153. The van der Waals surface area contributed by atoms with Gasteiger partial charge in [-0.3, -0.25) is 4.79 Å². The van der Waals surface area contributed by atoms with Crippen molar-refractivity contribution in [3.05, 3.63) is 63.8 Å². The van der Waals surface area contributed by atoms with E-state index in [1.54, 1.807) is 30.3 Å². The van der Waals surface area contributed by atoms with E-state index in [1.165, 1.54) is 14.2 Å². The van der Waals surface area contributed by atoms with E-state index >= 15 is 0 Å². The maximum Gasteiger partial charge on any atom is 0.291 e. The minimum Gasteiger partial charge on any atom is -0.495 e. The van der Waals surface area contributed by atoms with Crippen molar-refractivity contribution in [1.29, 1.82) is 0 Å². The topological polar surface area (TPSA) is 60.7 Å². The van der Waals surface area contributed by atoms with Gasteiger partial charge in [0.2, 0.25) is 0 Å². The van der Waals surface area contributed by atoms with E-state index in [2.05, 4.69) is 5.32 Å². The van der Waals surface area contributed by atoms with Gasteiger partial charge < -0.3 is 19.2 Å². The molecule has 7 heteroatoms. The van der Waals surface area contributed by atoms with Gasteiger partial charge in [0.1, 0.15) is 17.3 Å². The van der Waals surface area contributed by atoms with Crippen molar-refractivity contribution in [2.75, 3.05) is 19.5 Å². The van der Waals surface area contributed by atoms with Gasteiger partial charge in [0, 0.05) is 22.7 Å². The van der Waals surface area contributed by atoms with E-state index < -0.39 is 5.91 Å². The molecule has 1 N–H and O–H groups in total. The van der Waals surface area contributed by atoms with Crippen molar-refractivity contribution in [3.8, 4) is 22.8 Å². The van der Waals surface area contributed by atoms with Crippen LogP contribution in [-0.4, -0.2) is 20.1 Å². The Morgan fingerprint density at radius 2 is 1.74 bits per heavy atom. The molecule has 0 saturated heterocycles. The highest BCUT2D eigenvalue weighted by Crippen LogP contribution is 2.36. The zero-order valence-corrected chi connectivity index (χ0v) is 16.4. The number of rotatable bonds is 5. The highest BCUT2D eigenvalue weighted by Gasteiger charge is 2.17. The standard InChI is InChI=1S/C20H17Cl2NO4/c1-11-12(5-4-6-13(11)21)16-7-8-17(27-16)20(24)23-15-10-18(25-2)14(22)9-19(15)26-3/h4-10H,1-3H3,(H,23,24). The van der Waals surface area contributed by atoms with Gasteiger partial charge in [-0.25, -0.2) is 0 Å². The predicted molar refractivity (Wildman–Crippen MR) is 106 cm³/mol. The van der Waals surface area contributed by atoms with E-state index in [0.29, 0.717) is 33.0 Å². The zero-order chi connectivity index (χ0) is 19.6. The molecule has 0 aliphatic rings. The van der Waals surface area contributed by atoms with Gasteiger partial charge in [-0.1, -0.05) is 35.3 Å². The Morgan fingerprint density at radius 1 is 1.00 bits per heavy atom. The Bertz CT molecular complexity index is 998. The first kappa shape index (κ1) is 19.1. The Morgan fingerprint density at radius 3 is 2.44 bits per heavy atom. The number of furan rings is 1. The van der Waals surface area contributed by atoms with E-state index in [-0.39, 0.29) is 5.76 Å². The molecule has 0 fully saturated rings. The Kier molecular flexibility index (Phi) is 5.63. The first-order valence-corrected chi connectivity index (χ1v) is 8.78. The summed E-state index contributed by atoms with van der Waals surface area (Å²) < 4.78 is 16.2. The van der Waals surface area contributed by atoms with Crippen molar-refractivity contribution in [1.82, 2.24) is 0 Å². The molecule has 3 aromatic rings. The summed E-state index contributed by atoms with van der Waals surface area (Å²) in [6, 6.07) is 12.0. The fourth-order valence-corrected chi connectivity index (χ4v) is 3.03. The van der Waals surface area contributed by atoms with E-state index in [4.69, 9.17) is 37.1 Å². The van der Waals surface area contributed by atoms with Crippen LogP contribution in [0.4, 0.5) is 5.69 Å². The number of hydrogen-bond acceptors (Lipinski definition) is 4. The van der Waals surface area contributed by atoms with Crippen LogP contribution in [0.3, 0.4) is 0 Å². The average molecular weight is 406 g/mol. The van der Waals surface area contributed by atoms with Crippen LogP contribution in [-0.2, 0) is 0 Å². The summed E-state index contributed by atoms with van der Waals surface area (Å²) in [5.74, 6) is 1.11. The van der Waals surface area contributed by atoms with Crippen LogP contribution in [0.25, 0.3) is 11.3 Å². The third-order valence-corrected chi connectivity index (χ3v) is 4.79. The molecule has 0 aliphatic heterocycles. The third kappa shape index (κ3) is 3.89. The van der Waals surface area contributed by atoms with Crippen LogP contribution < -0.4 is 14.8 Å². The number of hydrogen-bond donors (Lipinski definition) is 1. The SMILES string of the molecule is COc1cc(NC(=O)c2ccc(-c3cccc(Cl)c3C)o2)c(OC)cc1Cl. The number of benzene rings is 2. The molecule has 0 atom stereocenters. The molecule has 0 saturated carbocycles. The minimum atomic E-state index is -0.427. The van der Waals surface area contributed by atoms with Crippen LogP contribution >= 0.6 is 23.2 Å². The van der Waals surface area contributed by atoms with Gasteiger partial charge in [0.15, 0.2) is 5.76 Å². The highest BCUT2D eigenvalue weighted by molar-refractivity contribution is 6.32. The summed E-state index contributed by atoms with van der Waals surface area (Å²) in [4.78, 5) is 12.6. The summed E-state index contributed by atoms with van der Waals surface area (Å²) in [5.41, 5.74) is 2.12. The molecule has 2 aromatic carbocycles. The number of ether oxygens (including phenoxy) is 2. The largest absolute Gasteiger partial charge is 0.495 e. The molecule has 27 heavy (non-hydrogen) atoms. The molecule has 0 bridgehead atoms. The van der Waals surface area contributed by atoms with E-state index in [1.807, 2.05) is 19.1 Å². The van der Waals surface area contributed by atoms with Crippen molar-refractivity contribution < 1.29 is 18.7 Å². The molecule has 0 radical (unpaired) electrons. The van der Waals surface area contributed by atoms with Gasteiger partial charge in [-0.15, -0.1) is 0 Å². The number of halogens is 2. The summed E-state index contributed by atoms with van der Waals surface area (Å²) in [6.45, 7) is 1.89. The Balaban J connectivity index is 1.88. The van der Waals surface area contributed by atoms with Gasteiger partial charge in [0.25, 0.3) is 5.91 Å². The normalized spacial score (nSPS) is 10.6. The third-order valence-electron chi connectivity index (χ3n) is 4.09. The fourth-order valence-electron chi connectivity index (χ4n) is 2.62. The summed E-state index contributed by atoms with van der Waals surface area (Å²) in [6.07, 6.45) is 0. The Hall–Kier alpha value is -2.63. The second-order valence-corrected chi connectivity index (χ2v) is 6.53. The maximum absolute atomic E-state index is 12.6. The van der Waals surface area contributed by atoms with Crippen molar-refractivity contribution >= 4 is 34.8 Å². The van der Waals surface area contributed by atoms with Crippen molar-refractivity contribution in [3.63, 3.8) is 0 Å². The van der Waals surface area contributed by atoms with Crippen molar-refractivity contribution in [2.24, 2.45) is 0 Å². The number of amides is 1. The van der Waals surface area contributed by atoms with Crippen LogP contribution in [0.5, 0.6) is 11.5 Å². The lowest BCUT2D eigenvalue weighted by Gasteiger charge is -2.12. The number of carbonyl (C=O) groups is 1. The average Bonchev–Trinajstić information content (AvgIpc) is 3.15. The molecule has 0 unspecified atom stereocenters. The van der Waals surface area contributed by atoms with E-state index in [9.17, 15) is 4.79 Å². The quantitative estimate of drug-likeness (QED) is 0.579. The molecule has 0 spiro atoms. The van der Waals surface area contributed by atoms with Gasteiger partial charge in [-0.05, 0) is 30.7 Å². The fraction of sp³-hybridized carbons (Fsp3) is 0.150. The van der Waals surface area contributed by atoms with Crippen LogP contribution in [0.2, 0.25) is 10.0 Å². The zero-order valence-electron chi connectivity index (χ0n) is 14.9. The molecule has 1 amide bonds. The molecule has 1 aromatic heterocycles. The maximum atomic E-state index is 12.6. The lowest BCUT2D eigenvalue weighted by Crippen LogP contribution is -2.12. The smallest absolute Gasteiger partial charge is 0.291 e. The first-order valence-electron chi connectivity index (χ1n) is 8.02. The molecule has 140 valence electrons. The highest BCUT2D eigenvalue weighted by atomic mass is 35.5. The molecular weight excluding hydrogens is 389 g/mol. The lowest BCUT2D eigenvalue weighted by molar-refractivity contribution is 0.0997. The number of carbonyl (C=O) groups excluding carboxylic acids is 1. The van der Waals surface area contributed by atoms with Crippen molar-refractivity contribution in [2.45, 2.75) is 6.92 Å². The summed E-state index contributed by atoms with van der Waals surface area (Å²) >= 11 is 12.2. The molecule has 5 nitrogen and oxygen atoms in total. The lowest BCUT2D eigenvalue weighted by atomic mass is 10.1. The van der Waals surface area contributed by atoms with Gasteiger partial charge in [-0.2, -0.15) is 0 Å². The number of anilines is 1.